The highest BCUT2D eigenvalue weighted by Gasteiger charge is 2.34. The number of carbonyl (C=O) groups excluding carboxylic acids is 2. The quantitative estimate of drug-likeness (QED) is 0.318. The van der Waals surface area contributed by atoms with Gasteiger partial charge >= 0.3 is 0 Å². The Labute approximate surface area is 243 Å². The maximum atomic E-state index is 14.1. The third kappa shape index (κ3) is 8.00. The van der Waals surface area contributed by atoms with Gasteiger partial charge in [0.15, 0.2) is 0 Å². The highest BCUT2D eigenvalue weighted by molar-refractivity contribution is 7.92. The first-order valence-corrected chi connectivity index (χ1v) is 14.9. The molecule has 3 rings (SSSR count). The Kier molecular flexibility index (Phi) is 10.8. The molecule has 0 heterocycles. The number of rotatable bonds is 13. The molecule has 0 aliphatic rings. The molecule has 0 aliphatic heterocycles. The van der Waals surface area contributed by atoms with Crippen molar-refractivity contribution in [2.75, 3.05) is 25.1 Å². The standard InChI is InChI=1S/C31H39N3O6S/c1-7-29(31(36)32-22(2)3)33(20-24-13-15-26(39-5)16-14-24)30(35)21-34(25-9-8-10-27(19-25)40-6)41(37,38)28-17-11-23(4)12-18-28/h8-19,22,29H,7,20-21H2,1-6H3,(H,32,36)/t29-/m1/s1. The van der Waals surface area contributed by atoms with Gasteiger partial charge in [0.1, 0.15) is 24.1 Å². The molecule has 0 spiro atoms. The van der Waals surface area contributed by atoms with E-state index in [9.17, 15) is 18.0 Å². The SMILES string of the molecule is CC[C@H](C(=O)NC(C)C)N(Cc1ccc(OC)cc1)C(=O)CN(c1cccc(OC)c1)S(=O)(=O)c1ccc(C)cc1. The number of aryl methyl sites for hydroxylation is 1. The van der Waals surface area contributed by atoms with Gasteiger partial charge in [0, 0.05) is 18.7 Å². The van der Waals surface area contributed by atoms with Crippen molar-refractivity contribution in [2.24, 2.45) is 0 Å². The largest absolute Gasteiger partial charge is 0.497 e. The molecular weight excluding hydrogens is 542 g/mol. The van der Waals surface area contributed by atoms with Crippen molar-refractivity contribution in [1.82, 2.24) is 10.2 Å². The van der Waals surface area contributed by atoms with Crippen LogP contribution < -0.4 is 19.1 Å². The summed E-state index contributed by atoms with van der Waals surface area (Å²) in [7, 11) is -1.11. The number of hydrogen-bond donors (Lipinski definition) is 1. The molecule has 0 saturated carbocycles. The molecule has 41 heavy (non-hydrogen) atoms. The monoisotopic (exact) mass is 581 g/mol. The zero-order valence-electron chi connectivity index (χ0n) is 24.5. The minimum atomic E-state index is -4.16. The Morgan fingerprint density at radius 1 is 0.902 bits per heavy atom. The Morgan fingerprint density at radius 2 is 1.54 bits per heavy atom. The molecule has 1 atom stereocenters. The Morgan fingerprint density at radius 3 is 2.10 bits per heavy atom. The molecule has 0 aliphatic carbocycles. The number of methoxy groups -OCH3 is 2. The molecule has 10 heteroatoms. The number of anilines is 1. The van der Waals surface area contributed by atoms with Crippen LogP contribution >= 0.6 is 0 Å². The van der Waals surface area contributed by atoms with Crippen molar-refractivity contribution < 1.29 is 27.5 Å². The van der Waals surface area contributed by atoms with Gasteiger partial charge in [-0.05, 0) is 69.2 Å². The lowest BCUT2D eigenvalue weighted by molar-refractivity contribution is -0.140. The fourth-order valence-electron chi connectivity index (χ4n) is 4.36. The fourth-order valence-corrected chi connectivity index (χ4v) is 5.77. The molecular formula is C31H39N3O6S. The first-order chi connectivity index (χ1) is 19.5. The Balaban J connectivity index is 2.07. The zero-order valence-corrected chi connectivity index (χ0v) is 25.3. The smallest absolute Gasteiger partial charge is 0.264 e. The van der Waals surface area contributed by atoms with Crippen LogP contribution in [0, 0.1) is 6.92 Å². The van der Waals surface area contributed by atoms with Gasteiger partial charge < -0.3 is 19.7 Å². The minimum Gasteiger partial charge on any atom is -0.497 e. The van der Waals surface area contributed by atoms with Gasteiger partial charge in [-0.15, -0.1) is 0 Å². The van der Waals surface area contributed by atoms with E-state index in [-0.39, 0.29) is 29.1 Å². The summed E-state index contributed by atoms with van der Waals surface area (Å²) >= 11 is 0. The van der Waals surface area contributed by atoms with Gasteiger partial charge in [-0.1, -0.05) is 42.8 Å². The average molecular weight is 582 g/mol. The van der Waals surface area contributed by atoms with Gasteiger partial charge in [-0.2, -0.15) is 0 Å². The summed E-state index contributed by atoms with van der Waals surface area (Å²) in [6.45, 7) is 6.96. The van der Waals surface area contributed by atoms with E-state index in [4.69, 9.17) is 9.47 Å². The van der Waals surface area contributed by atoms with Crippen molar-refractivity contribution in [3.8, 4) is 11.5 Å². The Hall–Kier alpha value is -4.05. The lowest BCUT2D eigenvalue weighted by Gasteiger charge is -2.33. The second kappa shape index (κ2) is 14.0. The van der Waals surface area contributed by atoms with E-state index in [1.165, 1.54) is 24.1 Å². The molecule has 0 fully saturated rings. The van der Waals surface area contributed by atoms with Crippen molar-refractivity contribution in [2.45, 2.75) is 57.6 Å². The predicted molar refractivity (Wildman–Crippen MR) is 160 cm³/mol. The molecule has 3 aromatic carbocycles. The van der Waals surface area contributed by atoms with E-state index in [2.05, 4.69) is 5.32 Å². The summed E-state index contributed by atoms with van der Waals surface area (Å²) in [5, 5.41) is 2.89. The van der Waals surface area contributed by atoms with Crippen molar-refractivity contribution in [3.63, 3.8) is 0 Å². The number of amides is 2. The molecule has 0 unspecified atom stereocenters. The number of ether oxygens (including phenoxy) is 2. The first-order valence-electron chi connectivity index (χ1n) is 13.5. The highest BCUT2D eigenvalue weighted by Crippen LogP contribution is 2.28. The Bertz CT molecular complexity index is 1420. The van der Waals surface area contributed by atoms with Crippen LogP contribution in [0.1, 0.15) is 38.3 Å². The van der Waals surface area contributed by atoms with E-state index in [1.807, 2.05) is 39.8 Å². The second-order valence-corrected chi connectivity index (χ2v) is 11.8. The summed E-state index contributed by atoms with van der Waals surface area (Å²) < 4.78 is 39.6. The normalized spacial score (nSPS) is 12.0. The summed E-state index contributed by atoms with van der Waals surface area (Å²) in [6, 6.07) is 19.2. The van der Waals surface area contributed by atoms with Crippen LogP contribution in [0.3, 0.4) is 0 Å². The number of nitrogens with one attached hydrogen (secondary N) is 1. The zero-order chi connectivity index (χ0) is 30.2. The second-order valence-electron chi connectivity index (χ2n) is 9.98. The lowest BCUT2D eigenvalue weighted by atomic mass is 10.1. The number of sulfonamides is 1. The van der Waals surface area contributed by atoms with Crippen LogP contribution in [0.25, 0.3) is 0 Å². The fraction of sp³-hybridized carbons (Fsp3) is 0.355. The number of nitrogens with zero attached hydrogens (tertiary/aromatic N) is 2. The third-order valence-corrected chi connectivity index (χ3v) is 8.35. The molecule has 3 aromatic rings. The summed E-state index contributed by atoms with van der Waals surface area (Å²) in [5.74, 6) is 0.269. The summed E-state index contributed by atoms with van der Waals surface area (Å²) in [5.41, 5.74) is 1.94. The van der Waals surface area contributed by atoms with E-state index >= 15 is 0 Å². The molecule has 0 radical (unpaired) electrons. The van der Waals surface area contributed by atoms with Crippen LogP contribution in [0.5, 0.6) is 11.5 Å². The van der Waals surface area contributed by atoms with Crippen molar-refractivity contribution in [1.29, 1.82) is 0 Å². The van der Waals surface area contributed by atoms with Gasteiger partial charge in [-0.25, -0.2) is 8.42 Å². The van der Waals surface area contributed by atoms with Gasteiger partial charge in [0.25, 0.3) is 10.0 Å². The van der Waals surface area contributed by atoms with E-state index in [0.717, 1.165) is 15.4 Å². The van der Waals surface area contributed by atoms with Gasteiger partial charge in [-0.3, -0.25) is 13.9 Å². The van der Waals surface area contributed by atoms with E-state index in [1.54, 1.807) is 55.6 Å². The van der Waals surface area contributed by atoms with Crippen molar-refractivity contribution in [3.05, 3.63) is 83.9 Å². The predicted octanol–water partition coefficient (Wildman–Crippen LogP) is 4.54. The van der Waals surface area contributed by atoms with E-state index in [0.29, 0.717) is 17.9 Å². The average Bonchev–Trinajstić information content (AvgIpc) is 2.95. The van der Waals surface area contributed by atoms with E-state index < -0.39 is 28.5 Å². The van der Waals surface area contributed by atoms with Crippen LogP contribution in [-0.4, -0.2) is 58.0 Å². The maximum Gasteiger partial charge on any atom is 0.264 e. The van der Waals surface area contributed by atoms with Crippen LogP contribution in [0.4, 0.5) is 5.69 Å². The summed E-state index contributed by atoms with van der Waals surface area (Å²) in [6.07, 6.45) is 0.338. The van der Waals surface area contributed by atoms with Crippen LogP contribution in [0.2, 0.25) is 0 Å². The number of benzene rings is 3. The molecule has 0 saturated heterocycles. The van der Waals surface area contributed by atoms with Gasteiger partial charge in [0.2, 0.25) is 11.8 Å². The highest BCUT2D eigenvalue weighted by atomic mass is 32.2. The maximum absolute atomic E-state index is 14.1. The molecule has 0 bridgehead atoms. The minimum absolute atomic E-state index is 0.0463. The van der Waals surface area contributed by atoms with Crippen LogP contribution in [0.15, 0.2) is 77.7 Å². The third-order valence-electron chi connectivity index (χ3n) is 6.56. The molecule has 0 aromatic heterocycles. The molecule has 2 amide bonds. The first kappa shape index (κ1) is 31.5. The lowest BCUT2D eigenvalue weighted by Crippen LogP contribution is -2.53. The number of carbonyl (C=O) groups is 2. The molecule has 9 nitrogen and oxygen atoms in total. The van der Waals surface area contributed by atoms with Crippen LogP contribution in [-0.2, 0) is 26.2 Å². The molecule has 1 N–H and O–H groups in total. The molecule has 220 valence electrons. The van der Waals surface area contributed by atoms with Crippen molar-refractivity contribution >= 4 is 27.5 Å². The summed E-state index contributed by atoms with van der Waals surface area (Å²) in [4.78, 5) is 28.8. The number of hydrogen-bond acceptors (Lipinski definition) is 6. The topological polar surface area (TPSA) is 105 Å². The van der Waals surface area contributed by atoms with Gasteiger partial charge in [0.05, 0.1) is 24.8 Å².